The predicted octanol–water partition coefficient (Wildman–Crippen LogP) is 1.86. The molecule has 0 spiro atoms. The van der Waals surface area contributed by atoms with Crippen LogP contribution in [-0.2, 0) is 20.7 Å². The molecule has 0 heterocycles. The van der Waals surface area contributed by atoms with Crippen molar-refractivity contribution in [3.63, 3.8) is 0 Å². The molecule has 0 atom stereocenters. The summed E-state index contributed by atoms with van der Waals surface area (Å²) in [7, 11) is 1.52. The van der Waals surface area contributed by atoms with Gasteiger partial charge in [0.2, 0.25) is 5.91 Å². The van der Waals surface area contributed by atoms with Crippen molar-refractivity contribution in [3.05, 3.63) is 33.8 Å². The van der Waals surface area contributed by atoms with Crippen LogP contribution in [0.5, 0.6) is 0 Å². The summed E-state index contributed by atoms with van der Waals surface area (Å²) in [5, 5.41) is 8.85. The lowest BCUT2D eigenvalue weighted by atomic mass is 10.1. The number of hydrogen-bond acceptors (Lipinski definition) is 3. The van der Waals surface area contributed by atoms with E-state index in [1.165, 1.54) is 12.0 Å². The fourth-order valence-electron chi connectivity index (χ4n) is 1.79. The number of aryl methyl sites for hydroxylation is 1. The number of hydrogen-bond donors (Lipinski definition) is 1. The first kappa shape index (κ1) is 16.7. The van der Waals surface area contributed by atoms with E-state index in [0.29, 0.717) is 6.61 Å². The zero-order valence-electron chi connectivity index (χ0n) is 11.6. The van der Waals surface area contributed by atoms with Gasteiger partial charge in [-0.05, 0) is 30.2 Å². The third-order valence-electron chi connectivity index (χ3n) is 2.89. The topological polar surface area (TPSA) is 66.8 Å². The summed E-state index contributed by atoms with van der Waals surface area (Å²) in [4.78, 5) is 24.3. The van der Waals surface area contributed by atoms with E-state index in [1.54, 1.807) is 0 Å². The van der Waals surface area contributed by atoms with Gasteiger partial charge < -0.3 is 14.7 Å². The number of rotatable bonds is 7. The molecule has 0 fully saturated rings. The first-order valence-electron chi connectivity index (χ1n) is 6.17. The van der Waals surface area contributed by atoms with Gasteiger partial charge in [0.1, 0.15) is 6.54 Å². The van der Waals surface area contributed by atoms with Crippen molar-refractivity contribution >= 4 is 27.8 Å². The maximum Gasteiger partial charge on any atom is 0.323 e. The van der Waals surface area contributed by atoms with Crippen molar-refractivity contribution in [1.29, 1.82) is 0 Å². The molecule has 110 valence electrons. The van der Waals surface area contributed by atoms with E-state index in [9.17, 15) is 9.59 Å². The smallest absolute Gasteiger partial charge is 0.323 e. The lowest BCUT2D eigenvalue weighted by Gasteiger charge is -2.20. The highest BCUT2D eigenvalue weighted by atomic mass is 79.9. The Labute approximate surface area is 126 Å². The molecule has 0 aliphatic rings. The Morgan fingerprint density at radius 3 is 2.65 bits per heavy atom. The predicted molar refractivity (Wildman–Crippen MR) is 78.7 cm³/mol. The van der Waals surface area contributed by atoms with E-state index in [2.05, 4.69) is 15.9 Å². The summed E-state index contributed by atoms with van der Waals surface area (Å²) in [5.41, 5.74) is 1.89. The molecule has 1 amide bonds. The molecule has 0 aromatic heterocycles. The standard InChI is InChI=1S/C14H18BrNO4/c1-10-7-12(15)4-3-11(10)8-13(17)16(5-6-20-2)9-14(18)19/h3-4,7H,5-6,8-9H2,1-2H3,(H,18,19). The highest BCUT2D eigenvalue weighted by Gasteiger charge is 2.17. The highest BCUT2D eigenvalue weighted by molar-refractivity contribution is 9.10. The largest absolute Gasteiger partial charge is 0.480 e. The third-order valence-corrected chi connectivity index (χ3v) is 3.38. The van der Waals surface area contributed by atoms with Crippen molar-refractivity contribution < 1.29 is 19.4 Å². The second-order valence-corrected chi connectivity index (χ2v) is 5.37. The monoisotopic (exact) mass is 343 g/mol. The highest BCUT2D eigenvalue weighted by Crippen LogP contribution is 2.16. The lowest BCUT2D eigenvalue weighted by molar-refractivity contribution is -0.144. The normalized spacial score (nSPS) is 10.3. The first-order valence-corrected chi connectivity index (χ1v) is 6.97. The van der Waals surface area contributed by atoms with Gasteiger partial charge in [0.05, 0.1) is 13.0 Å². The molecule has 0 saturated carbocycles. The fraction of sp³-hybridized carbons (Fsp3) is 0.429. The van der Waals surface area contributed by atoms with Gasteiger partial charge in [0, 0.05) is 18.1 Å². The van der Waals surface area contributed by atoms with E-state index >= 15 is 0 Å². The van der Waals surface area contributed by atoms with Gasteiger partial charge in [-0.3, -0.25) is 9.59 Å². The molecule has 5 nitrogen and oxygen atoms in total. The Morgan fingerprint density at radius 2 is 2.10 bits per heavy atom. The summed E-state index contributed by atoms with van der Waals surface area (Å²) in [6, 6.07) is 5.66. The van der Waals surface area contributed by atoms with Crippen LogP contribution in [0.2, 0.25) is 0 Å². The van der Waals surface area contributed by atoms with Crippen LogP contribution in [0.25, 0.3) is 0 Å². The summed E-state index contributed by atoms with van der Waals surface area (Å²) in [6.45, 7) is 2.21. The van der Waals surface area contributed by atoms with E-state index in [0.717, 1.165) is 15.6 Å². The molecule has 20 heavy (non-hydrogen) atoms. The van der Waals surface area contributed by atoms with Gasteiger partial charge in [-0.1, -0.05) is 22.0 Å². The van der Waals surface area contributed by atoms with Crippen LogP contribution in [-0.4, -0.2) is 48.7 Å². The van der Waals surface area contributed by atoms with Crippen molar-refractivity contribution in [2.24, 2.45) is 0 Å². The molecule has 0 saturated heterocycles. The summed E-state index contributed by atoms with van der Waals surface area (Å²) < 4.78 is 5.85. The van der Waals surface area contributed by atoms with Gasteiger partial charge in [-0.2, -0.15) is 0 Å². The molecule has 0 bridgehead atoms. The van der Waals surface area contributed by atoms with Crippen molar-refractivity contribution in [3.8, 4) is 0 Å². The number of ether oxygens (including phenoxy) is 1. The molecule has 0 radical (unpaired) electrons. The Hall–Kier alpha value is -1.40. The molecule has 6 heteroatoms. The van der Waals surface area contributed by atoms with Gasteiger partial charge in [-0.15, -0.1) is 0 Å². The molecule has 0 unspecified atom stereocenters. The van der Waals surface area contributed by atoms with Crippen LogP contribution in [0.15, 0.2) is 22.7 Å². The van der Waals surface area contributed by atoms with Crippen LogP contribution < -0.4 is 0 Å². The van der Waals surface area contributed by atoms with Crippen molar-refractivity contribution in [2.45, 2.75) is 13.3 Å². The molecule has 0 aliphatic carbocycles. The van der Waals surface area contributed by atoms with Gasteiger partial charge in [0.15, 0.2) is 0 Å². The van der Waals surface area contributed by atoms with Crippen molar-refractivity contribution in [2.75, 3.05) is 26.8 Å². The SMILES string of the molecule is COCCN(CC(=O)O)C(=O)Cc1ccc(Br)cc1C. The Balaban J connectivity index is 2.76. The van der Waals surface area contributed by atoms with Crippen LogP contribution >= 0.6 is 15.9 Å². The molecule has 1 rings (SSSR count). The molecule has 1 aromatic rings. The summed E-state index contributed by atoms with van der Waals surface area (Å²) in [6.07, 6.45) is 0.191. The van der Waals surface area contributed by atoms with Crippen LogP contribution in [0, 0.1) is 6.92 Å². The minimum atomic E-state index is -1.03. The number of carboxylic acids is 1. The minimum Gasteiger partial charge on any atom is -0.480 e. The van der Waals surface area contributed by atoms with Gasteiger partial charge in [0.25, 0.3) is 0 Å². The zero-order chi connectivity index (χ0) is 15.1. The quantitative estimate of drug-likeness (QED) is 0.820. The maximum atomic E-state index is 12.2. The molecular formula is C14H18BrNO4. The lowest BCUT2D eigenvalue weighted by Crippen LogP contribution is -2.39. The van der Waals surface area contributed by atoms with E-state index in [4.69, 9.17) is 9.84 Å². The van der Waals surface area contributed by atoms with Crippen LogP contribution in [0.4, 0.5) is 0 Å². The third kappa shape index (κ3) is 5.30. The number of carboxylic acid groups (broad SMARTS) is 1. The van der Waals surface area contributed by atoms with Gasteiger partial charge in [-0.25, -0.2) is 0 Å². The molecule has 1 N–H and O–H groups in total. The number of carbonyl (C=O) groups is 2. The Morgan fingerprint density at radius 1 is 1.40 bits per heavy atom. The van der Waals surface area contributed by atoms with Crippen molar-refractivity contribution in [1.82, 2.24) is 4.90 Å². The number of amides is 1. The Kier molecular flexibility index (Phi) is 6.67. The fourth-order valence-corrected chi connectivity index (χ4v) is 2.26. The van der Waals surface area contributed by atoms with E-state index < -0.39 is 5.97 Å². The minimum absolute atomic E-state index is 0.191. The van der Waals surface area contributed by atoms with E-state index in [1.807, 2.05) is 25.1 Å². The number of nitrogens with zero attached hydrogens (tertiary/aromatic N) is 1. The maximum absolute atomic E-state index is 12.2. The number of halogens is 1. The number of carbonyl (C=O) groups excluding carboxylic acids is 1. The first-order chi connectivity index (χ1) is 9.43. The van der Waals surface area contributed by atoms with Crippen LogP contribution in [0.1, 0.15) is 11.1 Å². The summed E-state index contributed by atoms with van der Waals surface area (Å²) >= 11 is 3.37. The van der Waals surface area contributed by atoms with Gasteiger partial charge >= 0.3 is 5.97 Å². The molecule has 1 aromatic carbocycles. The zero-order valence-corrected chi connectivity index (χ0v) is 13.1. The average molecular weight is 344 g/mol. The number of benzene rings is 1. The molecular weight excluding hydrogens is 326 g/mol. The average Bonchev–Trinajstić information content (AvgIpc) is 2.37. The second-order valence-electron chi connectivity index (χ2n) is 4.45. The Bertz CT molecular complexity index is 490. The molecule has 0 aliphatic heterocycles. The number of aliphatic carboxylic acids is 1. The second kappa shape index (κ2) is 8.01. The van der Waals surface area contributed by atoms with Crippen LogP contribution in [0.3, 0.4) is 0 Å². The van der Waals surface area contributed by atoms with E-state index in [-0.39, 0.29) is 25.4 Å². The number of methoxy groups -OCH3 is 1. The summed E-state index contributed by atoms with van der Waals surface area (Å²) in [5.74, 6) is -1.24.